The van der Waals surface area contributed by atoms with Crippen LogP contribution in [0.3, 0.4) is 0 Å². The second-order valence-electron chi connectivity index (χ2n) is 3.51. The predicted molar refractivity (Wildman–Crippen MR) is 69.4 cm³/mol. The van der Waals surface area contributed by atoms with Crippen LogP contribution in [0.2, 0.25) is 0 Å². The zero-order chi connectivity index (χ0) is 13.4. The molecule has 0 unspecified atom stereocenters. The third kappa shape index (κ3) is 4.27. The Labute approximate surface area is 105 Å². The maximum Gasteiger partial charge on any atom is 0.339 e. The highest BCUT2D eigenvalue weighted by atomic mass is 16.4. The number of carboxylic acids is 1. The van der Waals surface area contributed by atoms with Crippen molar-refractivity contribution in [3.63, 3.8) is 0 Å². The fourth-order valence-corrected chi connectivity index (χ4v) is 1.27. The van der Waals surface area contributed by atoms with Gasteiger partial charge in [-0.25, -0.2) is 4.79 Å². The summed E-state index contributed by atoms with van der Waals surface area (Å²) in [5.41, 5.74) is 6.47. The lowest BCUT2D eigenvalue weighted by Crippen LogP contribution is -1.95. The van der Waals surface area contributed by atoms with Gasteiger partial charge < -0.3 is 15.9 Å². The van der Waals surface area contributed by atoms with Gasteiger partial charge in [-0.15, -0.1) is 0 Å². The monoisotopic (exact) mass is 245 g/mol. The molecule has 2 rings (SSSR count). The number of aromatic hydroxyl groups is 1. The molecule has 0 saturated carbocycles. The second kappa shape index (κ2) is 7.09. The van der Waals surface area contributed by atoms with Gasteiger partial charge in [0.2, 0.25) is 0 Å². The highest BCUT2D eigenvalue weighted by molar-refractivity contribution is 5.90. The first-order chi connectivity index (χ1) is 8.65. The molecule has 4 heteroatoms. The Morgan fingerprint density at radius 3 is 1.94 bits per heavy atom. The van der Waals surface area contributed by atoms with Crippen molar-refractivity contribution in [1.82, 2.24) is 0 Å². The number of hydrogen-bond acceptors (Lipinski definition) is 3. The van der Waals surface area contributed by atoms with Gasteiger partial charge in [-0.2, -0.15) is 0 Å². The molecular weight excluding hydrogens is 230 g/mol. The maximum atomic E-state index is 10.3. The third-order valence-corrected chi connectivity index (χ3v) is 2.21. The zero-order valence-electron chi connectivity index (χ0n) is 9.78. The Kier molecular flexibility index (Phi) is 5.41. The van der Waals surface area contributed by atoms with Crippen molar-refractivity contribution in [3.05, 3.63) is 65.7 Å². The van der Waals surface area contributed by atoms with Gasteiger partial charge in [-0.05, 0) is 17.7 Å². The smallest absolute Gasteiger partial charge is 0.339 e. The zero-order valence-corrected chi connectivity index (χ0v) is 9.78. The van der Waals surface area contributed by atoms with Gasteiger partial charge in [-0.1, -0.05) is 42.5 Å². The molecule has 0 radical (unpaired) electrons. The number of para-hydroxylation sites is 1. The van der Waals surface area contributed by atoms with Crippen LogP contribution in [-0.2, 0) is 6.54 Å². The van der Waals surface area contributed by atoms with E-state index in [-0.39, 0.29) is 11.3 Å². The molecule has 0 aliphatic heterocycles. The fourth-order valence-electron chi connectivity index (χ4n) is 1.27. The van der Waals surface area contributed by atoms with Crippen LogP contribution < -0.4 is 5.73 Å². The average molecular weight is 245 g/mol. The minimum atomic E-state index is -1.11. The van der Waals surface area contributed by atoms with E-state index in [1.54, 1.807) is 12.1 Å². The summed E-state index contributed by atoms with van der Waals surface area (Å²) in [4.78, 5) is 10.3. The summed E-state index contributed by atoms with van der Waals surface area (Å²) in [6.07, 6.45) is 0. The number of aromatic carboxylic acids is 1. The Balaban J connectivity index is 0.000000184. The summed E-state index contributed by atoms with van der Waals surface area (Å²) in [7, 11) is 0. The molecule has 0 amide bonds. The molecule has 0 spiro atoms. The van der Waals surface area contributed by atoms with Crippen LogP contribution in [0, 0.1) is 0 Å². The lowest BCUT2D eigenvalue weighted by molar-refractivity contribution is 0.0694. The van der Waals surface area contributed by atoms with Crippen LogP contribution in [0.15, 0.2) is 54.6 Å². The van der Waals surface area contributed by atoms with Gasteiger partial charge in [0.15, 0.2) is 0 Å². The highest BCUT2D eigenvalue weighted by Gasteiger charge is 2.05. The minimum Gasteiger partial charge on any atom is -0.507 e. The third-order valence-electron chi connectivity index (χ3n) is 2.21. The molecule has 2 aromatic carbocycles. The topological polar surface area (TPSA) is 83.6 Å². The summed E-state index contributed by atoms with van der Waals surface area (Å²) in [6, 6.07) is 15.8. The maximum absolute atomic E-state index is 10.3. The molecule has 4 N–H and O–H groups in total. The predicted octanol–water partition coefficient (Wildman–Crippen LogP) is 2.24. The summed E-state index contributed by atoms with van der Waals surface area (Å²) in [5, 5.41) is 17.3. The normalized spacial score (nSPS) is 9.17. The van der Waals surface area contributed by atoms with E-state index in [0.717, 1.165) is 0 Å². The van der Waals surface area contributed by atoms with E-state index in [4.69, 9.17) is 15.9 Å². The molecule has 18 heavy (non-hydrogen) atoms. The SMILES string of the molecule is NCc1ccccc1.O=C(O)c1ccccc1O. The van der Waals surface area contributed by atoms with E-state index in [1.165, 1.54) is 17.7 Å². The Morgan fingerprint density at radius 1 is 1.00 bits per heavy atom. The lowest BCUT2D eigenvalue weighted by Gasteiger charge is -1.95. The highest BCUT2D eigenvalue weighted by Crippen LogP contribution is 2.14. The van der Waals surface area contributed by atoms with Gasteiger partial charge in [0.25, 0.3) is 0 Å². The summed E-state index contributed by atoms with van der Waals surface area (Å²) < 4.78 is 0. The van der Waals surface area contributed by atoms with Gasteiger partial charge in [-0.3, -0.25) is 0 Å². The molecule has 0 aromatic heterocycles. The largest absolute Gasteiger partial charge is 0.507 e. The van der Waals surface area contributed by atoms with Crippen LogP contribution in [0.4, 0.5) is 0 Å². The molecule has 0 fully saturated rings. The fraction of sp³-hybridized carbons (Fsp3) is 0.0714. The van der Waals surface area contributed by atoms with Crippen LogP contribution in [0.25, 0.3) is 0 Å². The summed E-state index contributed by atoms with van der Waals surface area (Å²) in [6.45, 7) is 0.640. The number of carbonyl (C=O) groups is 1. The van der Waals surface area contributed by atoms with Crippen LogP contribution in [0.5, 0.6) is 5.75 Å². The van der Waals surface area contributed by atoms with Crippen molar-refractivity contribution in [1.29, 1.82) is 0 Å². The van der Waals surface area contributed by atoms with Crippen molar-refractivity contribution in [2.24, 2.45) is 5.73 Å². The van der Waals surface area contributed by atoms with Crippen molar-refractivity contribution in [3.8, 4) is 5.75 Å². The van der Waals surface area contributed by atoms with Crippen molar-refractivity contribution in [2.75, 3.05) is 0 Å². The Morgan fingerprint density at radius 2 is 1.56 bits per heavy atom. The van der Waals surface area contributed by atoms with E-state index in [9.17, 15) is 4.79 Å². The molecule has 0 saturated heterocycles. The van der Waals surface area contributed by atoms with E-state index < -0.39 is 5.97 Å². The molecule has 0 aliphatic carbocycles. The summed E-state index contributed by atoms with van der Waals surface area (Å²) in [5.74, 6) is -1.31. The first kappa shape index (κ1) is 13.7. The first-order valence-electron chi connectivity index (χ1n) is 5.40. The van der Waals surface area contributed by atoms with E-state index >= 15 is 0 Å². The van der Waals surface area contributed by atoms with Crippen molar-refractivity contribution < 1.29 is 15.0 Å². The molecule has 94 valence electrons. The Bertz CT molecular complexity index is 497. The van der Waals surface area contributed by atoms with Crippen LogP contribution in [0.1, 0.15) is 15.9 Å². The van der Waals surface area contributed by atoms with Crippen LogP contribution >= 0.6 is 0 Å². The minimum absolute atomic E-state index is 0.0671. The van der Waals surface area contributed by atoms with E-state index in [1.807, 2.05) is 30.3 Å². The molecule has 0 aliphatic rings. The molecule has 0 atom stereocenters. The molecule has 0 heterocycles. The number of benzene rings is 2. The van der Waals surface area contributed by atoms with Gasteiger partial charge in [0.1, 0.15) is 11.3 Å². The Hall–Kier alpha value is -2.33. The summed E-state index contributed by atoms with van der Waals surface area (Å²) >= 11 is 0. The number of rotatable bonds is 2. The van der Waals surface area contributed by atoms with Crippen LogP contribution in [-0.4, -0.2) is 16.2 Å². The number of hydrogen-bond donors (Lipinski definition) is 3. The lowest BCUT2D eigenvalue weighted by atomic mass is 10.2. The quantitative estimate of drug-likeness (QED) is 0.757. The molecule has 2 aromatic rings. The molecule has 4 nitrogen and oxygen atoms in total. The molecule has 0 bridgehead atoms. The van der Waals surface area contributed by atoms with Gasteiger partial charge >= 0.3 is 5.97 Å². The van der Waals surface area contributed by atoms with Crippen molar-refractivity contribution in [2.45, 2.75) is 6.54 Å². The molecular formula is C14H15NO3. The number of nitrogens with two attached hydrogens (primary N) is 1. The standard InChI is InChI=1S/C7H9N.C7H6O3/c8-6-7-4-2-1-3-5-7;8-6-4-2-1-3-5(6)7(9)10/h1-5H,6,8H2;1-4,8H,(H,9,10). The van der Waals surface area contributed by atoms with Gasteiger partial charge in [0.05, 0.1) is 0 Å². The number of phenols is 1. The second-order valence-corrected chi connectivity index (χ2v) is 3.51. The van der Waals surface area contributed by atoms with E-state index in [2.05, 4.69) is 0 Å². The van der Waals surface area contributed by atoms with Crippen molar-refractivity contribution >= 4 is 5.97 Å². The average Bonchev–Trinajstić information content (AvgIpc) is 2.40. The van der Waals surface area contributed by atoms with E-state index in [0.29, 0.717) is 6.54 Å². The number of carboxylic acid groups (broad SMARTS) is 1. The first-order valence-corrected chi connectivity index (χ1v) is 5.40. The van der Waals surface area contributed by atoms with Gasteiger partial charge in [0, 0.05) is 6.54 Å².